The van der Waals surface area contributed by atoms with Crippen LogP contribution in [0.3, 0.4) is 0 Å². The molecule has 1 aromatic carbocycles. The Morgan fingerprint density at radius 1 is 1.27 bits per heavy atom. The Morgan fingerprint density at radius 2 is 1.86 bits per heavy atom. The Kier molecular flexibility index (Phi) is 3.85. The predicted octanol–water partition coefficient (Wildman–Crippen LogP) is 2.72. The lowest BCUT2D eigenvalue weighted by Gasteiger charge is -2.22. The van der Waals surface area contributed by atoms with Crippen molar-refractivity contribution in [1.29, 1.82) is 0 Å². The number of carbonyl (C=O) groups is 1. The quantitative estimate of drug-likeness (QED) is 0.867. The Bertz CT molecular complexity index is 558. The van der Waals surface area contributed by atoms with Crippen LogP contribution in [0.5, 0.6) is 0 Å². The molecule has 0 aromatic heterocycles. The van der Waals surface area contributed by atoms with Crippen LogP contribution in [0.4, 0.5) is 0 Å². The van der Waals surface area contributed by atoms with E-state index in [0.29, 0.717) is 17.9 Å². The van der Waals surface area contributed by atoms with Gasteiger partial charge in [-0.05, 0) is 34.5 Å². The summed E-state index contributed by atoms with van der Waals surface area (Å²) in [6, 6.07) is 9.38. The van der Waals surface area contributed by atoms with E-state index in [0.717, 1.165) is 19.6 Å². The minimum absolute atomic E-state index is 0.0382. The van der Waals surface area contributed by atoms with Gasteiger partial charge in [-0.3, -0.25) is 9.69 Å². The maximum absolute atomic E-state index is 11.3. The number of rotatable bonds is 4. The van der Waals surface area contributed by atoms with E-state index in [1.807, 2.05) is 0 Å². The fourth-order valence-electron chi connectivity index (χ4n) is 3.55. The third-order valence-electron chi connectivity index (χ3n) is 4.99. The molecule has 118 valence electrons. The van der Waals surface area contributed by atoms with E-state index >= 15 is 0 Å². The maximum atomic E-state index is 11.3. The van der Waals surface area contributed by atoms with Gasteiger partial charge in [-0.2, -0.15) is 0 Å². The molecule has 1 aliphatic carbocycles. The number of hydrogen-bond acceptors (Lipinski definition) is 2. The second-order valence-electron chi connectivity index (χ2n) is 7.71. The van der Waals surface area contributed by atoms with E-state index < -0.39 is 0 Å². The zero-order valence-electron chi connectivity index (χ0n) is 13.8. The number of nitrogens with zero attached hydrogens (tertiary/aromatic N) is 1. The SMILES string of the molecule is C=CC(=O)N[C@H]1[C@@H]2CN(Cc3ccc(C(C)(C)C)cc3)C[C@@H]21. The Hall–Kier alpha value is -1.61. The molecule has 22 heavy (non-hydrogen) atoms. The van der Waals surface area contributed by atoms with Crippen LogP contribution in [0.25, 0.3) is 0 Å². The molecule has 1 saturated heterocycles. The predicted molar refractivity (Wildman–Crippen MR) is 89.5 cm³/mol. The van der Waals surface area contributed by atoms with Gasteiger partial charge in [0.1, 0.15) is 0 Å². The first-order chi connectivity index (χ1) is 10.4. The van der Waals surface area contributed by atoms with Crippen molar-refractivity contribution in [2.24, 2.45) is 11.8 Å². The topological polar surface area (TPSA) is 32.3 Å². The molecule has 0 radical (unpaired) electrons. The first-order valence-corrected chi connectivity index (χ1v) is 8.13. The summed E-state index contributed by atoms with van der Waals surface area (Å²) in [5, 5.41) is 3.03. The van der Waals surface area contributed by atoms with Crippen LogP contribution in [0.1, 0.15) is 31.9 Å². The van der Waals surface area contributed by atoms with Crippen LogP contribution in [0.2, 0.25) is 0 Å². The Labute approximate surface area is 133 Å². The van der Waals surface area contributed by atoms with Gasteiger partial charge in [0.2, 0.25) is 5.91 Å². The van der Waals surface area contributed by atoms with E-state index in [2.05, 4.69) is 61.8 Å². The van der Waals surface area contributed by atoms with Crippen molar-refractivity contribution in [3.05, 3.63) is 48.0 Å². The molecule has 3 atom stereocenters. The molecular weight excluding hydrogens is 272 g/mol. The normalized spacial score (nSPS) is 27.3. The van der Waals surface area contributed by atoms with Crippen molar-refractivity contribution in [1.82, 2.24) is 10.2 Å². The maximum Gasteiger partial charge on any atom is 0.243 e. The molecule has 1 aliphatic heterocycles. The first-order valence-electron chi connectivity index (χ1n) is 8.13. The van der Waals surface area contributed by atoms with Gasteiger partial charge < -0.3 is 5.32 Å². The molecule has 0 unspecified atom stereocenters. The van der Waals surface area contributed by atoms with Gasteiger partial charge in [-0.25, -0.2) is 0 Å². The molecule has 0 bridgehead atoms. The summed E-state index contributed by atoms with van der Waals surface area (Å²) in [4.78, 5) is 13.8. The number of carbonyl (C=O) groups excluding carboxylic acids is 1. The van der Waals surface area contributed by atoms with Crippen molar-refractivity contribution < 1.29 is 4.79 Å². The van der Waals surface area contributed by atoms with Gasteiger partial charge in [0.25, 0.3) is 0 Å². The third kappa shape index (κ3) is 3.09. The lowest BCUT2D eigenvalue weighted by atomic mass is 9.87. The second-order valence-corrected chi connectivity index (χ2v) is 7.71. The molecule has 1 aromatic rings. The number of amides is 1. The molecule has 2 fully saturated rings. The summed E-state index contributed by atoms with van der Waals surface area (Å²) in [6.45, 7) is 13.4. The molecular formula is C19H26N2O. The highest BCUT2D eigenvalue weighted by Gasteiger charge is 2.55. The van der Waals surface area contributed by atoms with Crippen molar-refractivity contribution in [3.8, 4) is 0 Å². The van der Waals surface area contributed by atoms with E-state index in [-0.39, 0.29) is 11.3 Å². The molecule has 3 nitrogen and oxygen atoms in total. The van der Waals surface area contributed by atoms with Crippen molar-refractivity contribution >= 4 is 5.91 Å². The van der Waals surface area contributed by atoms with Crippen LogP contribution < -0.4 is 5.32 Å². The van der Waals surface area contributed by atoms with Crippen LogP contribution in [0.15, 0.2) is 36.9 Å². The van der Waals surface area contributed by atoms with E-state index in [1.54, 1.807) is 0 Å². The highest BCUT2D eigenvalue weighted by molar-refractivity contribution is 5.87. The minimum atomic E-state index is -0.0382. The summed E-state index contributed by atoms with van der Waals surface area (Å²) < 4.78 is 0. The smallest absolute Gasteiger partial charge is 0.243 e. The molecule has 1 heterocycles. The van der Waals surface area contributed by atoms with Crippen molar-refractivity contribution in [2.45, 2.75) is 38.8 Å². The van der Waals surface area contributed by atoms with E-state index in [1.165, 1.54) is 17.2 Å². The minimum Gasteiger partial charge on any atom is -0.349 e. The molecule has 1 amide bonds. The highest BCUT2D eigenvalue weighted by atomic mass is 16.1. The number of fused-ring (bicyclic) bond motifs is 1. The summed E-state index contributed by atoms with van der Waals surface area (Å²) in [5.41, 5.74) is 2.97. The fourth-order valence-corrected chi connectivity index (χ4v) is 3.55. The van der Waals surface area contributed by atoms with E-state index in [9.17, 15) is 4.79 Å². The van der Waals surface area contributed by atoms with Crippen LogP contribution in [0, 0.1) is 11.8 Å². The Balaban J connectivity index is 1.51. The van der Waals surface area contributed by atoms with Gasteiger partial charge in [0.15, 0.2) is 0 Å². The Morgan fingerprint density at radius 3 is 2.36 bits per heavy atom. The number of hydrogen-bond donors (Lipinski definition) is 1. The molecule has 1 N–H and O–H groups in total. The van der Waals surface area contributed by atoms with Crippen molar-refractivity contribution in [2.75, 3.05) is 13.1 Å². The number of piperidine rings is 1. The fraction of sp³-hybridized carbons (Fsp3) is 0.526. The first kappa shape index (κ1) is 15.3. The third-order valence-corrected chi connectivity index (χ3v) is 4.99. The zero-order chi connectivity index (χ0) is 15.9. The molecule has 3 heteroatoms. The van der Waals surface area contributed by atoms with Gasteiger partial charge in [-0.1, -0.05) is 51.6 Å². The summed E-state index contributed by atoms with van der Waals surface area (Å²) in [6.07, 6.45) is 1.36. The van der Waals surface area contributed by atoms with Gasteiger partial charge in [-0.15, -0.1) is 0 Å². The average molecular weight is 298 g/mol. The molecule has 3 rings (SSSR count). The number of nitrogens with one attached hydrogen (secondary N) is 1. The van der Waals surface area contributed by atoms with Gasteiger partial charge in [0, 0.05) is 25.7 Å². The zero-order valence-corrected chi connectivity index (χ0v) is 13.8. The van der Waals surface area contributed by atoms with Crippen LogP contribution in [-0.2, 0) is 16.8 Å². The molecule has 1 saturated carbocycles. The van der Waals surface area contributed by atoms with Gasteiger partial charge >= 0.3 is 0 Å². The van der Waals surface area contributed by atoms with Gasteiger partial charge in [0.05, 0.1) is 0 Å². The number of likely N-dealkylation sites (tertiary alicyclic amines) is 1. The summed E-state index contributed by atoms with van der Waals surface area (Å²) in [5.74, 6) is 1.24. The van der Waals surface area contributed by atoms with E-state index in [4.69, 9.17) is 0 Å². The lowest BCUT2D eigenvalue weighted by Crippen LogP contribution is -2.33. The lowest BCUT2D eigenvalue weighted by molar-refractivity contribution is -0.116. The highest BCUT2D eigenvalue weighted by Crippen LogP contribution is 2.45. The molecule has 0 spiro atoms. The summed E-state index contributed by atoms with van der Waals surface area (Å²) >= 11 is 0. The van der Waals surface area contributed by atoms with Crippen LogP contribution in [-0.4, -0.2) is 29.9 Å². The average Bonchev–Trinajstić information content (AvgIpc) is 2.92. The monoisotopic (exact) mass is 298 g/mol. The van der Waals surface area contributed by atoms with Crippen molar-refractivity contribution in [3.63, 3.8) is 0 Å². The molecule has 2 aliphatic rings. The van der Waals surface area contributed by atoms with Crippen LogP contribution >= 0.6 is 0 Å². The number of benzene rings is 1. The second kappa shape index (κ2) is 5.54. The summed E-state index contributed by atoms with van der Waals surface area (Å²) in [7, 11) is 0. The largest absolute Gasteiger partial charge is 0.349 e. The standard InChI is InChI=1S/C19H26N2O/c1-5-17(22)20-18-15-11-21(12-16(15)18)10-13-6-8-14(9-7-13)19(2,3)4/h5-9,15-16,18H,1,10-12H2,2-4H3,(H,20,22)/t15-,16+,18+.